The molecule has 1 heterocycles. The number of rotatable bonds is 4. The third kappa shape index (κ3) is 3.68. The Bertz CT molecular complexity index is 328. The van der Waals surface area contributed by atoms with Crippen LogP contribution in [0.25, 0.3) is 0 Å². The molecule has 1 aliphatic heterocycles. The van der Waals surface area contributed by atoms with E-state index in [9.17, 15) is 0 Å². The maximum atomic E-state index is 2.67. The number of piperidine rings is 1. The van der Waals surface area contributed by atoms with E-state index in [-0.39, 0.29) is 0 Å². The Morgan fingerprint density at radius 3 is 2.29 bits per heavy atom. The molecule has 2 rings (SSSR count). The van der Waals surface area contributed by atoms with Gasteiger partial charge in [0.05, 0.1) is 8.07 Å². The summed E-state index contributed by atoms with van der Waals surface area (Å²) < 4.78 is 0. The van der Waals surface area contributed by atoms with Gasteiger partial charge in [-0.3, -0.25) is 0 Å². The minimum atomic E-state index is -1.21. The van der Waals surface area contributed by atoms with Crippen molar-refractivity contribution < 1.29 is 0 Å². The first kappa shape index (κ1) is 12.8. The van der Waals surface area contributed by atoms with Gasteiger partial charge in [0.2, 0.25) is 0 Å². The van der Waals surface area contributed by atoms with E-state index in [1.54, 1.807) is 5.19 Å². The van der Waals surface area contributed by atoms with E-state index in [1.807, 2.05) is 0 Å². The molecule has 0 aromatic heterocycles. The minimum Gasteiger partial charge on any atom is -0.304 e. The monoisotopic (exact) mass is 247 g/mol. The van der Waals surface area contributed by atoms with Gasteiger partial charge in [-0.25, -0.2) is 0 Å². The highest BCUT2D eigenvalue weighted by Crippen LogP contribution is 2.14. The second kappa shape index (κ2) is 5.83. The van der Waals surface area contributed by atoms with Crippen molar-refractivity contribution >= 4 is 13.3 Å². The molecule has 1 saturated heterocycles. The standard InChI is InChI=1S/C15H25NSi/c1-17(2,15-9-5-3-6-10-15)14-13-16-11-7-4-8-12-16/h3,5-6,9-10H,4,7-8,11-14H2,1-2H3. The summed E-state index contributed by atoms with van der Waals surface area (Å²) in [4.78, 5) is 2.67. The number of benzene rings is 1. The Morgan fingerprint density at radius 1 is 1.00 bits per heavy atom. The van der Waals surface area contributed by atoms with Gasteiger partial charge in [-0.1, -0.05) is 55.0 Å². The maximum absolute atomic E-state index is 2.67. The molecule has 94 valence electrons. The van der Waals surface area contributed by atoms with Crippen molar-refractivity contribution in [1.29, 1.82) is 0 Å². The molecule has 0 unspecified atom stereocenters. The van der Waals surface area contributed by atoms with Crippen molar-refractivity contribution in [3.8, 4) is 0 Å². The van der Waals surface area contributed by atoms with Crippen molar-refractivity contribution in [1.82, 2.24) is 4.90 Å². The van der Waals surface area contributed by atoms with Crippen LogP contribution in [0.3, 0.4) is 0 Å². The van der Waals surface area contributed by atoms with Crippen LogP contribution < -0.4 is 5.19 Å². The van der Waals surface area contributed by atoms with E-state index in [2.05, 4.69) is 48.3 Å². The molecule has 2 heteroatoms. The van der Waals surface area contributed by atoms with E-state index in [0.29, 0.717) is 0 Å². The minimum absolute atomic E-state index is 1.21. The van der Waals surface area contributed by atoms with Crippen LogP contribution >= 0.6 is 0 Å². The molecule has 0 N–H and O–H groups in total. The first-order valence-corrected chi connectivity index (χ1v) is 10.2. The SMILES string of the molecule is C[Si](C)(CCN1CCCCC1)c1ccccc1. The fraction of sp³-hybridized carbons (Fsp3) is 0.600. The van der Waals surface area contributed by atoms with Gasteiger partial charge in [-0.05, 0) is 38.5 Å². The summed E-state index contributed by atoms with van der Waals surface area (Å²) in [7, 11) is -1.21. The van der Waals surface area contributed by atoms with Gasteiger partial charge in [0.25, 0.3) is 0 Å². The molecule has 0 bridgehead atoms. The molecule has 1 fully saturated rings. The lowest BCUT2D eigenvalue weighted by molar-refractivity contribution is 0.239. The summed E-state index contributed by atoms with van der Waals surface area (Å²) in [5, 5.41) is 1.61. The molecule has 0 atom stereocenters. The molecule has 1 nitrogen and oxygen atoms in total. The zero-order chi connectivity index (χ0) is 12.1. The fourth-order valence-corrected chi connectivity index (χ4v) is 4.91. The van der Waals surface area contributed by atoms with Crippen LogP contribution in [0.2, 0.25) is 19.1 Å². The van der Waals surface area contributed by atoms with Gasteiger partial charge in [0.1, 0.15) is 0 Å². The summed E-state index contributed by atoms with van der Waals surface area (Å²) in [6.45, 7) is 8.99. The zero-order valence-electron chi connectivity index (χ0n) is 11.3. The van der Waals surface area contributed by atoms with Crippen LogP contribution in [0.15, 0.2) is 30.3 Å². The summed E-state index contributed by atoms with van der Waals surface area (Å²) in [6, 6.07) is 12.5. The van der Waals surface area contributed by atoms with Crippen LogP contribution in [-0.4, -0.2) is 32.6 Å². The van der Waals surface area contributed by atoms with Crippen LogP contribution in [0.1, 0.15) is 19.3 Å². The Hall–Kier alpha value is -0.603. The maximum Gasteiger partial charge on any atom is 0.0818 e. The van der Waals surface area contributed by atoms with Crippen LogP contribution in [0, 0.1) is 0 Å². The molecular weight excluding hydrogens is 222 g/mol. The van der Waals surface area contributed by atoms with E-state index in [0.717, 1.165) is 0 Å². The van der Waals surface area contributed by atoms with Crippen molar-refractivity contribution in [2.24, 2.45) is 0 Å². The predicted molar refractivity (Wildman–Crippen MR) is 78.7 cm³/mol. The smallest absolute Gasteiger partial charge is 0.0818 e. The normalized spacial score (nSPS) is 18.2. The van der Waals surface area contributed by atoms with Gasteiger partial charge in [-0.2, -0.15) is 0 Å². The lowest BCUT2D eigenvalue weighted by atomic mass is 10.1. The molecule has 1 aromatic carbocycles. The third-order valence-corrected chi connectivity index (χ3v) is 7.43. The van der Waals surface area contributed by atoms with Gasteiger partial charge < -0.3 is 4.90 Å². The largest absolute Gasteiger partial charge is 0.304 e. The zero-order valence-corrected chi connectivity index (χ0v) is 12.3. The highest BCUT2D eigenvalue weighted by atomic mass is 28.3. The third-order valence-electron chi connectivity index (χ3n) is 4.06. The molecule has 17 heavy (non-hydrogen) atoms. The summed E-state index contributed by atoms with van der Waals surface area (Å²) in [6.07, 6.45) is 4.26. The Morgan fingerprint density at radius 2 is 1.65 bits per heavy atom. The second-order valence-corrected chi connectivity index (χ2v) is 10.7. The number of nitrogens with zero attached hydrogens (tertiary/aromatic N) is 1. The van der Waals surface area contributed by atoms with E-state index < -0.39 is 8.07 Å². The highest BCUT2D eigenvalue weighted by molar-refractivity contribution is 6.89. The van der Waals surface area contributed by atoms with Crippen molar-refractivity contribution in [3.63, 3.8) is 0 Å². The van der Waals surface area contributed by atoms with Gasteiger partial charge in [0, 0.05) is 0 Å². The number of likely N-dealkylation sites (tertiary alicyclic amines) is 1. The molecule has 0 saturated carbocycles. The molecular formula is C15H25NSi. The van der Waals surface area contributed by atoms with Crippen molar-refractivity contribution in [2.75, 3.05) is 19.6 Å². The highest BCUT2D eigenvalue weighted by Gasteiger charge is 2.24. The average molecular weight is 247 g/mol. The molecule has 1 aliphatic rings. The van der Waals surface area contributed by atoms with Crippen molar-refractivity contribution in [2.45, 2.75) is 38.4 Å². The van der Waals surface area contributed by atoms with Crippen LogP contribution in [0.4, 0.5) is 0 Å². The van der Waals surface area contributed by atoms with E-state index in [1.165, 1.54) is 44.9 Å². The topological polar surface area (TPSA) is 3.24 Å². The average Bonchev–Trinajstić information content (AvgIpc) is 2.39. The van der Waals surface area contributed by atoms with Gasteiger partial charge in [-0.15, -0.1) is 0 Å². The molecule has 0 aliphatic carbocycles. The fourth-order valence-electron chi connectivity index (χ4n) is 2.65. The van der Waals surface area contributed by atoms with Crippen molar-refractivity contribution in [3.05, 3.63) is 30.3 Å². The summed E-state index contributed by atoms with van der Waals surface area (Å²) in [5.41, 5.74) is 0. The molecule has 0 spiro atoms. The molecule has 1 aromatic rings. The summed E-state index contributed by atoms with van der Waals surface area (Å²) in [5.74, 6) is 0. The van der Waals surface area contributed by atoms with Crippen LogP contribution in [0.5, 0.6) is 0 Å². The summed E-state index contributed by atoms with van der Waals surface area (Å²) >= 11 is 0. The van der Waals surface area contributed by atoms with Crippen LogP contribution in [-0.2, 0) is 0 Å². The van der Waals surface area contributed by atoms with E-state index in [4.69, 9.17) is 0 Å². The Labute approximate surface area is 107 Å². The lowest BCUT2D eigenvalue weighted by Gasteiger charge is -2.30. The quantitative estimate of drug-likeness (QED) is 0.739. The molecule has 0 radical (unpaired) electrons. The first-order valence-electron chi connectivity index (χ1n) is 6.96. The lowest BCUT2D eigenvalue weighted by Crippen LogP contribution is -2.44. The Kier molecular flexibility index (Phi) is 4.40. The molecule has 0 amide bonds. The number of hydrogen-bond acceptors (Lipinski definition) is 1. The van der Waals surface area contributed by atoms with Gasteiger partial charge in [0.15, 0.2) is 0 Å². The van der Waals surface area contributed by atoms with E-state index >= 15 is 0 Å². The predicted octanol–water partition coefficient (Wildman–Crippen LogP) is 3.09. The Balaban J connectivity index is 1.88. The first-order chi connectivity index (χ1) is 8.18. The second-order valence-electron chi connectivity index (χ2n) is 5.90. The number of hydrogen-bond donors (Lipinski definition) is 0. The van der Waals surface area contributed by atoms with Gasteiger partial charge >= 0.3 is 0 Å².